The van der Waals surface area contributed by atoms with Crippen LogP contribution in [0.2, 0.25) is 5.02 Å². The molecule has 0 atom stereocenters. The van der Waals surface area contributed by atoms with Crippen LogP contribution in [0.3, 0.4) is 0 Å². The van der Waals surface area contributed by atoms with Crippen molar-refractivity contribution in [2.24, 2.45) is 0 Å². The molecule has 1 spiro atoms. The van der Waals surface area contributed by atoms with Gasteiger partial charge in [0.25, 0.3) is 0 Å². The molecule has 3 heterocycles. The van der Waals surface area contributed by atoms with Crippen molar-refractivity contribution in [2.75, 3.05) is 25.4 Å². The first-order chi connectivity index (χ1) is 12.1. The Hall–Kier alpha value is -1.76. The molecule has 2 aliphatic rings. The largest absolute Gasteiger partial charge is 0.368 e. The molecule has 0 aliphatic carbocycles. The molecule has 0 saturated carbocycles. The molecule has 25 heavy (non-hydrogen) atoms. The minimum absolute atomic E-state index is 0.169. The summed E-state index contributed by atoms with van der Waals surface area (Å²) in [7, 11) is 0. The number of likely N-dealkylation sites (tertiary alicyclic amines) is 1. The van der Waals surface area contributed by atoms with Crippen LogP contribution in [0.25, 0.3) is 0 Å². The van der Waals surface area contributed by atoms with Crippen molar-refractivity contribution in [3.63, 3.8) is 0 Å². The van der Waals surface area contributed by atoms with Crippen molar-refractivity contribution >= 4 is 17.5 Å². The van der Waals surface area contributed by atoms with E-state index < -0.39 is 5.60 Å². The summed E-state index contributed by atoms with van der Waals surface area (Å²) in [6.07, 6.45) is 4.24. The van der Waals surface area contributed by atoms with Crippen LogP contribution in [0.4, 0.5) is 10.3 Å². The van der Waals surface area contributed by atoms with Crippen molar-refractivity contribution < 1.29 is 9.13 Å². The summed E-state index contributed by atoms with van der Waals surface area (Å²) < 4.78 is 20.3. The van der Waals surface area contributed by atoms with E-state index >= 15 is 0 Å². The van der Waals surface area contributed by atoms with Gasteiger partial charge in [0.15, 0.2) is 0 Å². The number of hydrogen-bond acceptors (Lipinski definition) is 5. The maximum absolute atomic E-state index is 14.1. The minimum Gasteiger partial charge on any atom is -0.368 e. The van der Waals surface area contributed by atoms with Crippen molar-refractivity contribution in [1.82, 2.24) is 14.9 Å². The van der Waals surface area contributed by atoms with Gasteiger partial charge in [-0.15, -0.1) is 0 Å². The van der Waals surface area contributed by atoms with Crippen molar-refractivity contribution in [3.05, 3.63) is 52.1 Å². The normalized spacial score (nSPS) is 19.8. The smallest absolute Gasteiger partial charge is 0.220 e. The number of nitrogen functional groups attached to an aromatic ring is 1. The molecule has 2 N–H and O–H groups in total. The van der Waals surface area contributed by atoms with Gasteiger partial charge in [-0.05, 0) is 30.9 Å². The topological polar surface area (TPSA) is 64.3 Å². The Morgan fingerprint density at radius 3 is 2.92 bits per heavy atom. The van der Waals surface area contributed by atoms with Gasteiger partial charge in [0.05, 0.1) is 17.3 Å². The highest BCUT2D eigenvalue weighted by molar-refractivity contribution is 6.30. The van der Waals surface area contributed by atoms with Gasteiger partial charge in [-0.3, -0.25) is 4.90 Å². The molecule has 2 aliphatic heterocycles. The number of fused-ring (bicyclic) bond motifs is 2. The molecule has 2 aromatic rings. The second-order valence-corrected chi connectivity index (χ2v) is 7.09. The zero-order valence-electron chi connectivity index (χ0n) is 13.8. The van der Waals surface area contributed by atoms with E-state index in [9.17, 15) is 4.39 Å². The molecular formula is C18H20ClFN4O. The fraction of sp³-hybridized carbons (Fsp3) is 0.444. The number of hydrogen-bond donors (Lipinski definition) is 1. The lowest BCUT2D eigenvalue weighted by Crippen LogP contribution is -2.47. The molecule has 1 saturated heterocycles. The van der Waals surface area contributed by atoms with E-state index in [4.69, 9.17) is 22.1 Å². The maximum atomic E-state index is 14.1. The number of halogens is 2. The number of anilines is 1. The molecule has 0 unspecified atom stereocenters. The molecule has 0 radical (unpaired) electrons. The zero-order chi connectivity index (χ0) is 17.4. The molecule has 4 rings (SSSR count). The highest BCUT2D eigenvalue weighted by Crippen LogP contribution is 2.40. The lowest BCUT2D eigenvalue weighted by atomic mass is 9.83. The molecule has 132 valence electrons. The fourth-order valence-corrected chi connectivity index (χ4v) is 3.98. The number of ether oxygens (including phenoxy) is 1. The first-order valence-corrected chi connectivity index (χ1v) is 8.86. The number of rotatable bonds is 2. The Morgan fingerprint density at radius 2 is 2.12 bits per heavy atom. The van der Waals surface area contributed by atoms with Gasteiger partial charge >= 0.3 is 0 Å². The summed E-state index contributed by atoms with van der Waals surface area (Å²) in [5, 5.41) is 0.169. The summed E-state index contributed by atoms with van der Waals surface area (Å²) in [5.74, 6) is -0.0451. The molecule has 7 heteroatoms. The van der Waals surface area contributed by atoms with E-state index in [0.717, 1.165) is 43.6 Å². The molecule has 0 bridgehead atoms. The Balaban J connectivity index is 1.51. The minimum atomic E-state index is -0.395. The van der Waals surface area contributed by atoms with Crippen LogP contribution in [0, 0.1) is 5.82 Å². The molecule has 1 fully saturated rings. The van der Waals surface area contributed by atoms with E-state index in [1.807, 2.05) is 6.20 Å². The predicted molar refractivity (Wildman–Crippen MR) is 93.7 cm³/mol. The lowest BCUT2D eigenvalue weighted by molar-refractivity contribution is -0.102. The van der Waals surface area contributed by atoms with Crippen LogP contribution in [0.1, 0.15) is 29.7 Å². The fourth-order valence-electron chi connectivity index (χ4n) is 3.79. The predicted octanol–water partition coefficient (Wildman–Crippen LogP) is 2.92. The summed E-state index contributed by atoms with van der Waals surface area (Å²) in [4.78, 5) is 10.8. The number of aromatic nitrogens is 2. The van der Waals surface area contributed by atoms with Gasteiger partial charge in [-0.2, -0.15) is 0 Å². The van der Waals surface area contributed by atoms with Crippen LogP contribution in [-0.2, 0) is 23.3 Å². The number of benzene rings is 1. The van der Waals surface area contributed by atoms with E-state index in [-0.39, 0.29) is 16.8 Å². The zero-order valence-corrected chi connectivity index (χ0v) is 14.6. The third-order valence-electron chi connectivity index (χ3n) is 5.15. The molecule has 5 nitrogen and oxygen atoms in total. The highest BCUT2D eigenvalue weighted by atomic mass is 35.5. The standard InChI is InChI=1S/C18H20ClFN4O/c19-14-3-1-2-13(15(14)20)11-24-7-5-18(6-8-24)16-12(4-9-25-18)10-22-17(21)23-16/h1-3,10H,4-9,11H2,(H2,21,22,23). The molecule has 0 amide bonds. The second-order valence-electron chi connectivity index (χ2n) is 6.68. The van der Waals surface area contributed by atoms with Gasteiger partial charge in [0, 0.05) is 31.4 Å². The van der Waals surface area contributed by atoms with E-state index in [1.165, 1.54) is 0 Å². The lowest BCUT2D eigenvalue weighted by Gasteiger charge is -2.44. The summed E-state index contributed by atoms with van der Waals surface area (Å²) in [6.45, 7) is 2.81. The number of piperidine rings is 1. The molecule has 1 aromatic carbocycles. The average molecular weight is 363 g/mol. The second kappa shape index (κ2) is 6.52. The van der Waals surface area contributed by atoms with Gasteiger partial charge in [-0.1, -0.05) is 23.7 Å². The Bertz CT molecular complexity index is 793. The van der Waals surface area contributed by atoms with Crippen LogP contribution in [-0.4, -0.2) is 34.6 Å². The van der Waals surface area contributed by atoms with Crippen LogP contribution < -0.4 is 5.73 Å². The third kappa shape index (κ3) is 3.10. The molecule has 1 aromatic heterocycles. The molecular weight excluding hydrogens is 343 g/mol. The van der Waals surface area contributed by atoms with Crippen LogP contribution >= 0.6 is 11.6 Å². The average Bonchev–Trinajstić information content (AvgIpc) is 2.62. The van der Waals surface area contributed by atoms with E-state index in [2.05, 4.69) is 14.9 Å². The van der Waals surface area contributed by atoms with Crippen LogP contribution in [0.5, 0.6) is 0 Å². The van der Waals surface area contributed by atoms with E-state index in [0.29, 0.717) is 18.7 Å². The number of nitrogens with zero attached hydrogens (tertiary/aromatic N) is 3. The summed E-state index contributed by atoms with van der Waals surface area (Å²) in [5.41, 5.74) is 8.07. The Kier molecular flexibility index (Phi) is 4.35. The maximum Gasteiger partial charge on any atom is 0.220 e. The quantitative estimate of drug-likeness (QED) is 0.889. The summed E-state index contributed by atoms with van der Waals surface area (Å²) >= 11 is 5.88. The Morgan fingerprint density at radius 1 is 1.32 bits per heavy atom. The van der Waals surface area contributed by atoms with Gasteiger partial charge in [0.1, 0.15) is 11.4 Å². The van der Waals surface area contributed by atoms with E-state index in [1.54, 1.807) is 18.2 Å². The first-order valence-electron chi connectivity index (χ1n) is 8.48. The number of nitrogens with two attached hydrogens (primary N) is 1. The van der Waals surface area contributed by atoms with Crippen molar-refractivity contribution in [2.45, 2.75) is 31.4 Å². The monoisotopic (exact) mass is 362 g/mol. The Labute approximate surface area is 151 Å². The SMILES string of the molecule is Nc1ncc2c(n1)C1(CCN(Cc3cccc(Cl)c3F)CC1)OCC2. The van der Waals surface area contributed by atoms with Gasteiger partial charge in [-0.25, -0.2) is 14.4 Å². The first kappa shape index (κ1) is 16.7. The van der Waals surface area contributed by atoms with Crippen molar-refractivity contribution in [1.29, 1.82) is 0 Å². The highest BCUT2D eigenvalue weighted by Gasteiger charge is 2.42. The third-order valence-corrected chi connectivity index (χ3v) is 5.45. The van der Waals surface area contributed by atoms with Gasteiger partial charge in [0.2, 0.25) is 5.95 Å². The van der Waals surface area contributed by atoms with Gasteiger partial charge < -0.3 is 10.5 Å². The summed E-state index contributed by atoms with van der Waals surface area (Å²) in [6, 6.07) is 5.14. The van der Waals surface area contributed by atoms with Crippen LogP contribution in [0.15, 0.2) is 24.4 Å². The van der Waals surface area contributed by atoms with Crippen molar-refractivity contribution in [3.8, 4) is 0 Å².